The van der Waals surface area contributed by atoms with Crippen molar-refractivity contribution in [3.8, 4) is 5.75 Å². The number of fused-ring (bicyclic) bond motifs is 1. The van der Waals surface area contributed by atoms with Gasteiger partial charge in [0, 0.05) is 23.1 Å². The number of aryl methyl sites for hydroxylation is 1. The summed E-state index contributed by atoms with van der Waals surface area (Å²) < 4.78 is 33.4. The molecule has 0 fully saturated rings. The van der Waals surface area contributed by atoms with Crippen molar-refractivity contribution in [2.24, 2.45) is 0 Å². The van der Waals surface area contributed by atoms with E-state index in [-0.39, 0.29) is 24.0 Å². The van der Waals surface area contributed by atoms with Crippen LogP contribution < -0.4 is 14.4 Å². The average Bonchev–Trinajstić information content (AvgIpc) is 3.22. The number of nitrogens with zero attached hydrogens (tertiary/aromatic N) is 1. The zero-order chi connectivity index (χ0) is 23.6. The quantitative estimate of drug-likeness (QED) is 0.503. The molecule has 3 aromatic carbocycles. The third-order valence-electron chi connectivity index (χ3n) is 5.43. The van der Waals surface area contributed by atoms with Crippen molar-refractivity contribution in [1.29, 1.82) is 0 Å². The van der Waals surface area contributed by atoms with Gasteiger partial charge < -0.3 is 10.1 Å². The summed E-state index contributed by atoms with van der Waals surface area (Å²) >= 11 is 12.0. The molecule has 4 rings (SSSR count). The third kappa shape index (κ3) is 5.11. The summed E-state index contributed by atoms with van der Waals surface area (Å²) in [6.07, 6.45) is 0.686. The van der Waals surface area contributed by atoms with E-state index in [1.54, 1.807) is 37.3 Å². The molecule has 1 N–H and O–H groups in total. The Labute approximate surface area is 203 Å². The maximum Gasteiger partial charge on any atom is 0.264 e. The van der Waals surface area contributed by atoms with Crippen molar-refractivity contribution in [1.82, 2.24) is 5.32 Å². The van der Waals surface area contributed by atoms with Gasteiger partial charge in [-0.05, 0) is 66.4 Å². The molecule has 0 saturated carbocycles. The number of halogens is 2. The molecule has 0 bridgehead atoms. The highest BCUT2D eigenvalue weighted by Gasteiger charge is 2.30. The van der Waals surface area contributed by atoms with Crippen LogP contribution in [0.25, 0.3) is 0 Å². The normalized spacial score (nSPS) is 13.0. The van der Waals surface area contributed by atoms with Crippen molar-refractivity contribution < 1.29 is 17.9 Å². The minimum absolute atomic E-state index is 0.186. The highest BCUT2D eigenvalue weighted by Crippen LogP contribution is 2.33. The summed E-state index contributed by atoms with van der Waals surface area (Å²) in [6, 6.07) is 17.2. The monoisotopic (exact) mass is 504 g/mol. The molecule has 0 radical (unpaired) electrons. The minimum Gasteiger partial charge on any atom is -0.484 e. The summed E-state index contributed by atoms with van der Waals surface area (Å²) in [6.45, 7) is 2.19. The summed E-state index contributed by atoms with van der Waals surface area (Å²) in [5.74, 6) is 0.112. The first kappa shape index (κ1) is 23.4. The number of carbonyl (C=O) groups excluding carboxylic acids is 1. The van der Waals surface area contributed by atoms with Crippen molar-refractivity contribution in [3.63, 3.8) is 0 Å². The first-order chi connectivity index (χ1) is 15.8. The third-order valence-corrected chi connectivity index (χ3v) is 7.82. The van der Waals surface area contributed by atoms with Crippen molar-refractivity contribution >= 4 is 44.8 Å². The Bertz CT molecular complexity index is 1310. The number of hydrogen-bond donors (Lipinski definition) is 1. The zero-order valence-corrected chi connectivity index (χ0v) is 20.2. The van der Waals surface area contributed by atoms with Gasteiger partial charge in [-0.15, -0.1) is 0 Å². The second-order valence-corrected chi connectivity index (χ2v) is 10.4. The van der Waals surface area contributed by atoms with Gasteiger partial charge in [0.25, 0.3) is 15.9 Å². The molecular weight excluding hydrogens is 483 g/mol. The van der Waals surface area contributed by atoms with Crippen LogP contribution in [-0.2, 0) is 27.8 Å². The molecule has 33 heavy (non-hydrogen) atoms. The van der Waals surface area contributed by atoms with Gasteiger partial charge in [-0.1, -0.05) is 47.5 Å². The predicted octanol–water partition coefficient (Wildman–Crippen LogP) is 4.75. The first-order valence-electron chi connectivity index (χ1n) is 10.3. The number of amides is 1. The number of rotatable bonds is 7. The van der Waals surface area contributed by atoms with Crippen molar-refractivity contribution in [2.75, 3.05) is 17.5 Å². The maximum atomic E-state index is 13.2. The van der Waals surface area contributed by atoms with Gasteiger partial charge >= 0.3 is 0 Å². The van der Waals surface area contributed by atoms with E-state index in [9.17, 15) is 13.2 Å². The molecule has 3 aromatic rings. The maximum absolute atomic E-state index is 13.2. The Kier molecular flexibility index (Phi) is 6.83. The number of anilines is 1. The second-order valence-electron chi connectivity index (χ2n) is 7.68. The molecule has 1 aliphatic rings. The van der Waals surface area contributed by atoms with Crippen LogP contribution in [0.15, 0.2) is 65.6 Å². The van der Waals surface area contributed by atoms with Crippen LogP contribution >= 0.6 is 23.2 Å². The molecule has 0 atom stereocenters. The topological polar surface area (TPSA) is 75.7 Å². The van der Waals surface area contributed by atoms with Crippen molar-refractivity contribution in [3.05, 3.63) is 87.4 Å². The van der Waals surface area contributed by atoms with E-state index < -0.39 is 10.0 Å². The largest absolute Gasteiger partial charge is 0.484 e. The summed E-state index contributed by atoms with van der Waals surface area (Å²) in [5.41, 5.74) is 3.09. The Morgan fingerprint density at radius 2 is 1.88 bits per heavy atom. The molecular formula is C24H22Cl2N2O4S. The van der Waals surface area contributed by atoms with Gasteiger partial charge in [0.15, 0.2) is 6.61 Å². The van der Waals surface area contributed by atoms with Crippen LogP contribution in [0, 0.1) is 6.92 Å². The molecule has 0 aromatic heterocycles. The fourth-order valence-electron chi connectivity index (χ4n) is 3.68. The summed E-state index contributed by atoms with van der Waals surface area (Å²) in [5, 5.41) is 3.73. The second kappa shape index (κ2) is 9.63. The molecule has 0 saturated heterocycles. The SMILES string of the molecule is Cc1cc(S(=O)(=O)N2CCc3ccccc32)ccc1OCC(=O)NCc1ccc(Cl)cc1Cl. The van der Waals surface area contributed by atoms with Gasteiger partial charge in [0.1, 0.15) is 5.75 Å². The minimum atomic E-state index is -3.69. The summed E-state index contributed by atoms with van der Waals surface area (Å²) in [4.78, 5) is 12.4. The van der Waals surface area contributed by atoms with Gasteiger partial charge in [-0.3, -0.25) is 9.10 Å². The van der Waals surface area contributed by atoms with Gasteiger partial charge in [0.05, 0.1) is 10.6 Å². The fourth-order valence-corrected chi connectivity index (χ4v) is 5.75. The van der Waals surface area contributed by atoms with Gasteiger partial charge in [-0.2, -0.15) is 0 Å². The zero-order valence-electron chi connectivity index (χ0n) is 17.8. The van der Waals surface area contributed by atoms with E-state index in [0.29, 0.717) is 40.0 Å². The molecule has 6 nitrogen and oxygen atoms in total. The Morgan fingerprint density at radius 1 is 1.09 bits per heavy atom. The Morgan fingerprint density at radius 3 is 2.64 bits per heavy atom. The van der Waals surface area contributed by atoms with Crippen LogP contribution in [-0.4, -0.2) is 27.5 Å². The Hall–Kier alpha value is -2.74. The molecule has 9 heteroatoms. The van der Waals surface area contributed by atoms with E-state index >= 15 is 0 Å². The van der Waals surface area contributed by atoms with E-state index in [4.69, 9.17) is 27.9 Å². The van der Waals surface area contributed by atoms with E-state index in [2.05, 4.69) is 5.32 Å². The fraction of sp³-hybridized carbons (Fsp3) is 0.208. The smallest absolute Gasteiger partial charge is 0.264 e. The average molecular weight is 505 g/mol. The molecule has 0 aliphatic carbocycles. The molecule has 1 heterocycles. The van der Waals surface area contributed by atoms with E-state index in [1.165, 1.54) is 10.4 Å². The number of para-hydroxylation sites is 1. The van der Waals surface area contributed by atoms with E-state index in [0.717, 1.165) is 11.1 Å². The lowest BCUT2D eigenvalue weighted by atomic mass is 10.2. The number of nitrogens with one attached hydrogen (secondary N) is 1. The number of sulfonamides is 1. The first-order valence-corrected chi connectivity index (χ1v) is 12.5. The lowest BCUT2D eigenvalue weighted by Gasteiger charge is -2.20. The molecule has 172 valence electrons. The van der Waals surface area contributed by atoms with Crippen LogP contribution in [0.2, 0.25) is 10.0 Å². The molecule has 0 unspecified atom stereocenters. The highest BCUT2D eigenvalue weighted by molar-refractivity contribution is 7.92. The number of ether oxygens (including phenoxy) is 1. The van der Waals surface area contributed by atoms with E-state index in [1.807, 2.05) is 24.3 Å². The van der Waals surface area contributed by atoms with Crippen LogP contribution in [0.3, 0.4) is 0 Å². The molecule has 1 aliphatic heterocycles. The van der Waals surface area contributed by atoms with Crippen LogP contribution in [0.5, 0.6) is 5.75 Å². The number of benzene rings is 3. The molecule has 1 amide bonds. The van der Waals surface area contributed by atoms with Crippen molar-refractivity contribution in [2.45, 2.75) is 24.8 Å². The van der Waals surface area contributed by atoms with Gasteiger partial charge in [0.2, 0.25) is 0 Å². The lowest BCUT2D eigenvalue weighted by Crippen LogP contribution is -2.29. The summed E-state index contributed by atoms with van der Waals surface area (Å²) in [7, 11) is -3.69. The highest BCUT2D eigenvalue weighted by atomic mass is 35.5. The van der Waals surface area contributed by atoms with Crippen LogP contribution in [0.1, 0.15) is 16.7 Å². The standard InChI is InChI=1S/C24H22Cl2N2O4S/c1-16-12-20(33(30,31)28-11-10-17-4-2-3-5-22(17)28)8-9-23(16)32-15-24(29)27-14-18-6-7-19(25)13-21(18)26/h2-9,12-13H,10-11,14-15H2,1H3,(H,27,29). The number of carbonyl (C=O) groups is 1. The molecule has 0 spiro atoms. The lowest BCUT2D eigenvalue weighted by molar-refractivity contribution is -0.123. The number of hydrogen-bond acceptors (Lipinski definition) is 4. The van der Waals surface area contributed by atoms with Crippen LogP contribution in [0.4, 0.5) is 5.69 Å². The van der Waals surface area contributed by atoms with Gasteiger partial charge in [-0.25, -0.2) is 8.42 Å². The Balaban J connectivity index is 1.39. The predicted molar refractivity (Wildman–Crippen MR) is 130 cm³/mol.